The molecule has 1 aromatic heterocycles. The Bertz CT molecular complexity index is 757. The minimum Gasteiger partial charge on any atom is -0.339 e. The van der Waals surface area contributed by atoms with Gasteiger partial charge in [-0.2, -0.15) is 4.98 Å². The molecule has 0 bridgehead atoms. The molecule has 1 aromatic carbocycles. The number of piperazine rings is 1. The maximum absolute atomic E-state index is 13.3. The van der Waals surface area contributed by atoms with Crippen LogP contribution in [-0.4, -0.2) is 52.0 Å². The van der Waals surface area contributed by atoms with Gasteiger partial charge in [0.15, 0.2) is 17.5 Å². The summed E-state index contributed by atoms with van der Waals surface area (Å²) in [6.07, 6.45) is 2.89. The number of amides is 1. The summed E-state index contributed by atoms with van der Waals surface area (Å²) in [6, 6.07) is 3.23. The first-order valence-corrected chi connectivity index (χ1v) is 8.85. The number of nitrogens with zero attached hydrogens (tertiary/aromatic N) is 4. The first kappa shape index (κ1) is 18.4. The van der Waals surface area contributed by atoms with E-state index in [-0.39, 0.29) is 11.5 Å². The third kappa shape index (κ3) is 4.43. The molecule has 0 atom stereocenters. The van der Waals surface area contributed by atoms with E-state index >= 15 is 0 Å². The SMILES string of the molecule is CCCCc1nc(CN2CCN(C(=O)c3ccc(F)c(F)c3)CC2)no1. The topological polar surface area (TPSA) is 62.5 Å². The number of aryl methyl sites for hydroxylation is 1. The van der Waals surface area contributed by atoms with Crippen molar-refractivity contribution < 1.29 is 18.1 Å². The minimum absolute atomic E-state index is 0.163. The maximum atomic E-state index is 13.3. The van der Waals surface area contributed by atoms with Gasteiger partial charge in [0.25, 0.3) is 5.91 Å². The molecular formula is C18H22F2N4O2. The first-order valence-electron chi connectivity index (χ1n) is 8.85. The molecule has 2 heterocycles. The van der Waals surface area contributed by atoms with Crippen LogP contribution in [0.2, 0.25) is 0 Å². The summed E-state index contributed by atoms with van der Waals surface area (Å²) in [5, 5.41) is 4.00. The van der Waals surface area contributed by atoms with Gasteiger partial charge in [-0.1, -0.05) is 18.5 Å². The Morgan fingerprint density at radius 1 is 1.19 bits per heavy atom. The van der Waals surface area contributed by atoms with E-state index in [2.05, 4.69) is 22.0 Å². The lowest BCUT2D eigenvalue weighted by molar-refractivity contribution is 0.0624. The molecule has 140 valence electrons. The molecule has 0 aliphatic carbocycles. The molecule has 1 aliphatic heterocycles. The largest absolute Gasteiger partial charge is 0.339 e. The van der Waals surface area contributed by atoms with Gasteiger partial charge >= 0.3 is 0 Å². The smallest absolute Gasteiger partial charge is 0.254 e. The predicted octanol–water partition coefficient (Wildman–Crippen LogP) is 2.65. The Balaban J connectivity index is 1.51. The fourth-order valence-electron chi connectivity index (χ4n) is 2.90. The van der Waals surface area contributed by atoms with Crippen LogP contribution >= 0.6 is 0 Å². The highest BCUT2D eigenvalue weighted by Crippen LogP contribution is 2.14. The third-order valence-electron chi connectivity index (χ3n) is 4.45. The van der Waals surface area contributed by atoms with Crippen LogP contribution in [-0.2, 0) is 13.0 Å². The zero-order valence-corrected chi connectivity index (χ0v) is 14.8. The lowest BCUT2D eigenvalue weighted by Gasteiger charge is -2.34. The van der Waals surface area contributed by atoms with Crippen molar-refractivity contribution >= 4 is 5.91 Å². The summed E-state index contributed by atoms with van der Waals surface area (Å²) in [6.45, 7) is 5.03. The Hall–Kier alpha value is -2.35. The average molecular weight is 364 g/mol. The Kier molecular flexibility index (Phi) is 5.92. The highest BCUT2D eigenvalue weighted by atomic mass is 19.2. The number of aromatic nitrogens is 2. The van der Waals surface area contributed by atoms with E-state index in [0.29, 0.717) is 44.4 Å². The van der Waals surface area contributed by atoms with Crippen LogP contribution in [0.25, 0.3) is 0 Å². The van der Waals surface area contributed by atoms with E-state index in [0.717, 1.165) is 31.4 Å². The van der Waals surface area contributed by atoms with E-state index in [4.69, 9.17) is 4.52 Å². The standard InChI is InChI=1S/C18H22F2N4O2/c1-2-3-4-17-21-16(22-26-17)12-23-7-9-24(10-8-23)18(25)13-5-6-14(19)15(20)11-13/h5-6,11H,2-4,7-10,12H2,1H3. The molecule has 0 spiro atoms. The van der Waals surface area contributed by atoms with Crippen LogP contribution in [0.4, 0.5) is 8.78 Å². The molecule has 6 nitrogen and oxygen atoms in total. The van der Waals surface area contributed by atoms with Crippen LogP contribution in [0.1, 0.15) is 41.8 Å². The second kappa shape index (κ2) is 8.35. The second-order valence-electron chi connectivity index (χ2n) is 6.41. The molecule has 0 radical (unpaired) electrons. The van der Waals surface area contributed by atoms with Crippen LogP contribution in [0, 0.1) is 11.6 Å². The van der Waals surface area contributed by atoms with Gasteiger partial charge < -0.3 is 9.42 Å². The third-order valence-corrected chi connectivity index (χ3v) is 4.45. The molecule has 26 heavy (non-hydrogen) atoms. The van der Waals surface area contributed by atoms with Gasteiger partial charge in [-0.05, 0) is 24.6 Å². The van der Waals surface area contributed by atoms with Gasteiger partial charge in [0.2, 0.25) is 5.89 Å². The minimum atomic E-state index is -1.01. The Morgan fingerprint density at radius 3 is 2.65 bits per heavy atom. The number of carbonyl (C=O) groups excluding carboxylic acids is 1. The molecule has 2 aromatic rings. The summed E-state index contributed by atoms with van der Waals surface area (Å²) in [5.74, 6) is -0.939. The molecule has 0 unspecified atom stereocenters. The van der Waals surface area contributed by atoms with Gasteiger partial charge in [0, 0.05) is 38.2 Å². The number of carbonyl (C=O) groups is 1. The Morgan fingerprint density at radius 2 is 1.96 bits per heavy atom. The maximum Gasteiger partial charge on any atom is 0.254 e. The molecule has 0 saturated carbocycles. The quantitative estimate of drug-likeness (QED) is 0.789. The lowest BCUT2D eigenvalue weighted by atomic mass is 10.1. The zero-order valence-electron chi connectivity index (χ0n) is 14.8. The van der Waals surface area contributed by atoms with Crippen molar-refractivity contribution in [2.45, 2.75) is 32.7 Å². The van der Waals surface area contributed by atoms with Gasteiger partial charge in [0.1, 0.15) is 0 Å². The monoisotopic (exact) mass is 364 g/mol. The molecule has 0 N–H and O–H groups in total. The highest BCUT2D eigenvalue weighted by molar-refractivity contribution is 5.94. The van der Waals surface area contributed by atoms with E-state index in [1.807, 2.05) is 0 Å². The molecule has 3 rings (SSSR count). The van der Waals surface area contributed by atoms with E-state index in [9.17, 15) is 13.6 Å². The molecule has 1 fully saturated rings. The van der Waals surface area contributed by atoms with Crippen molar-refractivity contribution in [2.24, 2.45) is 0 Å². The zero-order chi connectivity index (χ0) is 18.5. The number of unbranched alkanes of at least 4 members (excludes halogenated alkanes) is 1. The molecule has 1 saturated heterocycles. The van der Waals surface area contributed by atoms with Crippen LogP contribution in [0.5, 0.6) is 0 Å². The first-order chi connectivity index (χ1) is 12.6. The van der Waals surface area contributed by atoms with Crippen LogP contribution in [0.3, 0.4) is 0 Å². The second-order valence-corrected chi connectivity index (χ2v) is 6.41. The normalized spacial score (nSPS) is 15.4. The van der Waals surface area contributed by atoms with Gasteiger partial charge in [-0.15, -0.1) is 0 Å². The van der Waals surface area contributed by atoms with E-state index in [1.165, 1.54) is 6.07 Å². The summed E-state index contributed by atoms with van der Waals surface area (Å²) in [5.41, 5.74) is 0.163. The molecule has 1 aliphatic rings. The number of hydrogen-bond acceptors (Lipinski definition) is 5. The van der Waals surface area contributed by atoms with Crippen molar-refractivity contribution in [2.75, 3.05) is 26.2 Å². The van der Waals surface area contributed by atoms with Crippen molar-refractivity contribution in [1.29, 1.82) is 0 Å². The number of benzene rings is 1. The molecule has 1 amide bonds. The summed E-state index contributed by atoms with van der Waals surface area (Å²) >= 11 is 0. The van der Waals surface area contributed by atoms with Crippen molar-refractivity contribution in [3.8, 4) is 0 Å². The fourth-order valence-corrected chi connectivity index (χ4v) is 2.90. The summed E-state index contributed by atoms with van der Waals surface area (Å²) < 4.78 is 31.5. The van der Waals surface area contributed by atoms with Crippen LogP contribution < -0.4 is 0 Å². The molecule has 8 heteroatoms. The highest BCUT2D eigenvalue weighted by Gasteiger charge is 2.23. The predicted molar refractivity (Wildman–Crippen MR) is 90.4 cm³/mol. The number of rotatable bonds is 6. The summed E-state index contributed by atoms with van der Waals surface area (Å²) in [4.78, 5) is 20.6. The van der Waals surface area contributed by atoms with Crippen molar-refractivity contribution in [3.05, 3.63) is 47.1 Å². The molecular weight excluding hydrogens is 342 g/mol. The van der Waals surface area contributed by atoms with E-state index in [1.54, 1.807) is 4.90 Å². The van der Waals surface area contributed by atoms with Gasteiger partial charge in [0.05, 0.1) is 6.54 Å². The van der Waals surface area contributed by atoms with Gasteiger partial charge in [-0.3, -0.25) is 9.69 Å². The lowest BCUT2D eigenvalue weighted by Crippen LogP contribution is -2.48. The Labute approximate surface area is 150 Å². The van der Waals surface area contributed by atoms with Gasteiger partial charge in [-0.25, -0.2) is 8.78 Å². The van der Waals surface area contributed by atoms with E-state index < -0.39 is 11.6 Å². The number of hydrogen-bond donors (Lipinski definition) is 0. The van der Waals surface area contributed by atoms with Crippen molar-refractivity contribution in [1.82, 2.24) is 19.9 Å². The average Bonchev–Trinajstić information content (AvgIpc) is 3.09. The number of halogens is 2. The fraction of sp³-hybridized carbons (Fsp3) is 0.500. The summed E-state index contributed by atoms with van der Waals surface area (Å²) in [7, 11) is 0. The van der Waals surface area contributed by atoms with Crippen LogP contribution in [0.15, 0.2) is 22.7 Å². The van der Waals surface area contributed by atoms with Crippen molar-refractivity contribution in [3.63, 3.8) is 0 Å².